The van der Waals surface area contributed by atoms with Crippen molar-refractivity contribution in [2.24, 2.45) is 0 Å². The van der Waals surface area contributed by atoms with E-state index in [9.17, 15) is 13.6 Å². The van der Waals surface area contributed by atoms with Crippen LogP contribution in [0.1, 0.15) is 0 Å². The molecule has 1 unspecified atom stereocenters. The Hall–Kier alpha value is -2.28. The molecule has 0 aliphatic carbocycles. The number of thioether (sulfide) groups is 1. The first kappa shape index (κ1) is 17.5. The van der Waals surface area contributed by atoms with Crippen LogP contribution in [0.4, 0.5) is 8.78 Å². The number of halogens is 2. The molecule has 25 heavy (non-hydrogen) atoms. The fourth-order valence-corrected chi connectivity index (χ4v) is 3.24. The zero-order chi connectivity index (χ0) is 17.8. The Morgan fingerprint density at radius 2 is 1.96 bits per heavy atom. The van der Waals surface area contributed by atoms with Crippen LogP contribution < -0.4 is 9.47 Å². The number of benzene rings is 2. The van der Waals surface area contributed by atoms with Gasteiger partial charge in [0.25, 0.3) is 0 Å². The largest absolute Gasteiger partial charge is 0.486 e. The Balaban J connectivity index is 1.50. The summed E-state index contributed by atoms with van der Waals surface area (Å²) in [5.41, 5.74) is 0. The molecule has 1 atom stereocenters. The van der Waals surface area contributed by atoms with Crippen molar-refractivity contribution in [1.82, 2.24) is 4.90 Å². The molecule has 2 aromatic carbocycles. The summed E-state index contributed by atoms with van der Waals surface area (Å²) in [5, 5.41) is 0. The van der Waals surface area contributed by atoms with Gasteiger partial charge in [0.1, 0.15) is 6.61 Å². The molecule has 0 bridgehead atoms. The maximum Gasteiger partial charge on any atom is 0.232 e. The maximum absolute atomic E-state index is 13.2. The molecule has 0 aromatic heterocycles. The second-order valence-corrected chi connectivity index (χ2v) is 6.69. The molecule has 2 aromatic rings. The molecule has 3 rings (SSSR count). The van der Waals surface area contributed by atoms with E-state index in [1.165, 1.54) is 6.07 Å². The Morgan fingerprint density at radius 3 is 2.72 bits per heavy atom. The number of likely N-dealkylation sites (N-methyl/N-ethyl adjacent to an activating group) is 1. The summed E-state index contributed by atoms with van der Waals surface area (Å²) >= 11 is 1.16. The van der Waals surface area contributed by atoms with Crippen LogP contribution in [0.25, 0.3) is 0 Å². The third-order valence-corrected chi connectivity index (χ3v) is 4.70. The van der Waals surface area contributed by atoms with Crippen LogP contribution in [0.5, 0.6) is 11.5 Å². The standard InChI is InChI=1S/C18H17F2NO3S/c1-21(9-12-10-23-16-4-2-3-5-17(16)24-12)18(22)11-25-13-6-7-14(19)15(20)8-13/h2-8,12H,9-11H2,1H3. The molecule has 132 valence electrons. The smallest absolute Gasteiger partial charge is 0.232 e. The minimum atomic E-state index is -0.919. The zero-order valence-corrected chi connectivity index (χ0v) is 14.4. The van der Waals surface area contributed by atoms with Gasteiger partial charge in [0, 0.05) is 11.9 Å². The van der Waals surface area contributed by atoms with Gasteiger partial charge in [-0.2, -0.15) is 0 Å². The summed E-state index contributed by atoms with van der Waals surface area (Å²) in [6.07, 6.45) is -0.253. The van der Waals surface area contributed by atoms with Gasteiger partial charge in [-0.05, 0) is 30.3 Å². The predicted octanol–water partition coefficient (Wildman–Crippen LogP) is 3.36. The number of hydrogen-bond acceptors (Lipinski definition) is 4. The van der Waals surface area contributed by atoms with Gasteiger partial charge in [0.05, 0.1) is 12.3 Å². The molecule has 4 nitrogen and oxygen atoms in total. The van der Waals surface area contributed by atoms with Crippen LogP contribution in [-0.2, 0) is 4.79 Å². The summed E-state index contributed by atoms with van der Waals surface area (Å²) in [7, 11) is 1.68. The van der Waals surface area contributed by atoms with E-state index in [2.05, 4.69) is 0 Å². The van der Waals surface area contributed by atoms with E-state index >= 15 is 0 Å². The van der Waals surface area contributed by atoms with Gasteiger partial charge in [0.2, 0.25) is 5.91 Å². The van der Waals surface area contributed by atoms with Crippen molar-refractivity contribution in [3.05, 3.63) is 54.1 Å². The van der Waals surface area contributed by atoms with Crippen molar-refractivity contribution in [2.75, 3.05) is 26.0 Å². The fraction of sp³-hybridized carbons (Fsp3) is 0.278. The van der Waals surface area contributed by atoms with Crippen LogP contribution >= 0.6 is 11.8 Å². The number of ether oxygens (including phenoxy) is 2. The van der Waals surface area contributed by atoms with Gasteiger partial charge in [-0.3, -0.25) is 4.79 Å². The first-order valence-corrected chi connectivity index (χ1v) is 8.72. The average molecular weight is 365 g/mol. The van der Waals surface area contributed by atoms with E-state index in [-0.39, 0.29) is 17.8 Å². The van der Waals surface area contributed by atoms with Gasteiger partial charge in [-0.1, -0.05) is 12.1 Å². The van der Waals surface area contributed by atoms with Gasteiger partial charge in [-0.25, -0.2) is 8.78 Å². The van der Waals surface area contributed by atoms with Crippen molar-refractivity contribution >= 4 is 17.7 Å². The van der Waals surface area contributed by atoms with Crippen molar-refractivity contribution in [1.29, 1.82) is 0 Å². The Labute approximate surface area is 148 Å². The molecular weight excluding hydrogens is 348 g/mol. The minimum absolute atomic E-state index is 0.128. The Kier molecular flexibility index (Phi) is 5.43. The van der Waals surface area contributed by atoms with Crippen molar-refractivity contribution in [3.63, 3.8) is 0 Å². The van der Waals surface area contributed by atoms with Gasteiger partial charge in [-0.15, -0.1) is 11.8 Å². The van der Waals surface area contributed by atoms with Crippen LogP contribution in [-0.4, -0.2) is 42.9 Å². The lowest BCUT2D eigenvalue weighted by atomic mass is 10.2. The lowest BCUT2D eigenvalue weighted by molar-refractivity contribution is -0.128. The first-order chi connectivity index (χ1) is 12.0. The van der Waals surface area contributed by atoms with E-state index in [1.54, 1.807) is 11.9 Å². The summed E-state index contributed by atoms with van der Waals surface area (Å²) in [6.45, 7) is 0.746. The summed E-state index contributed by atoms with van der Waals surface area (Å²) in [5.74, 6) is -0.458. The Morgan fingerprint density at radius 1 is 1.20 bits per heavy atom. The number of amides is 1. The first-order valence-electron chi connectivity index (χ1n) is 7.73. The third kappa shape index (κ3) is 4.42. The van der Waals surface area contributed by atoms with Crippen molar-refractivity contribution < 1.29 is 23.0 Å². The molecule has 0 radical (unpaired) electrons. The highest BCUT2D eigenvalue weighted by molar-refractivity contribution is 8.00. The number of rotatable bonds is 5. The van der Waals surface area contributed by atoms with E-state index in [1.807, 2.05) is 24.3 Å². The normalized spacial score (nSPS) is 15.7. The zero-order valence-electron chi connectivity index (χ0n) is 13.6. The second-order valence-electron chi connectivity index (χ2n) is 5.64. The van der Waals surface area contributed by atoms with Gasteiger partial charge >= 0.3 is 0 Å². The molecule has 7 heteroatoms. The molecule has 1 amide bonds. The minimum Gasteiger partial charge on any atom is -0.486 e. The molecule has 1 aliphatic heterocycles. The molecule has 0 saturated heterocycles. The van der Waals surface area contributed by atoms with Gasteiger partial charge < -0.3 is 14.4 Å². The van der Waals surface area contributed by atoms with Crippen molar-refractivity contribution in [2.45, 2.75) is 11.0 Å². The third-order valence-electron chi connectivity index (χ3n) is 3.72. The van der Waals surface area contributed by atoms with Crippen LogP contribution in [0.15, 0.2) is 47.4 Å². The summed E-state index contributed by atoms with van der Waals surface area (Å²) in [4.78, 5) is 14.3. The van der Waals surface area contributed by atoms with E-state index < -0.39 is 11.6 Å². The molecule has 0 N–H and O–H groups in total. The summed E-state index contributed by atoms with van der Waals surface area (Å²) in [6, 6.07) is 11.0. The molecule has 1 heterocycles. The van der Waals surface area contributed by atoms with Gasteiger partial charge in [0.15, 0.2) is 29.2 Å². The number of hydrogen-bond donors (Lipinski definition) is 0. The number of nitrogens with zero attached hydrogens (tertiary/aromatic N) is 1. The number of carbonyl (C=O) groups excluding carboxylic acids is 1. The lowest BCUT2D eigenvalue weighted by Crippen LogP contribution is -2.42. The maximum atomic E-state index is 13.2. The molecule has 0 spiro atoms. The Bertz CT molecular complexity index is 772. The highest BCUT2D eigenvalue weighted by Crippen LogP contribution is 2.31. The van der Waals surface area contributed by atoms with Crippen molar-refractivity contribution in [3.8, 4) is 11.5 Å². The number of para-hydroxylation sites is 2. The SMILES string of the molecule is CN(CC1COc2ccccc2O1)C(=O)CSc1ccc(F)c(F)c1. The highest BCUT2D eigenvalue weighted by atomic mass is 32.2. The van der Waals surface area contributed by atoms with Crippen LogP contribution in [0.2, 0.25) is 0 Å². The molecule has 1 aliphatic rings. The van der Waals surface area contributed by atoms with E-state index in [0.29, 0.717) is 29.5 Å². The quantitative estimate of drug-likeness (QED) is 0.762. The lowest BCUT2D eigenvalue weighted by Gasteiger charge is -2.29. The van der Waals surface area contributed by atoms with Crippen LogP contribution in [0, 0.1) is 11.6 Å². The molecule has 0 fully saturated rings. The molecular formula is C18H17F2NO3S. The average Bonchev–Trinajstić information content (AvgIpc) is 2.62. The monoisotopic (exact) mass is 365 g/mol. The van der Waals surface area contributed by atoms with E-state index in [0.717, 1.165) is 23.9 Å². The number of fused-ring (bicyclic) bond motifs is 1. The highest BCUT2D eigenvalue weighted by Gasteiger charge is 2.23. The summed E-state index contributed by atoms with van der Waals surface area (Å²) < 4.78 is 37.5. The van der Waals surface area contributed by atoms with E-state index in [4.69, 9.17) is 9.47 Å². The second kappa shape index (κ2) is 7.74. The van der Waals surface area contributed by atoms with Crippen LogP contribution in [0.3, 0.4) is 0 Å². The molecule has 0 saturated carbocycles. The number of carbonyl (C=O) groups is 1. The fourth-order valence-electron chi connectivity index (χ4n) is 2.38. The topological polar surface area (TPSA) is 38.8 Å². The predicted molar refractivity (Wildman–Crippen MR) is 91.1 cm³/mol.